The molecule has 2 rings (SSSR count). The molecule has 1 aromatic rings. The largest absolute Gasteiger partial charge is 0.469 e. The van der Waals surface area contributed by atoms with E-state index in [0.717, 1.165) is 13.0 Å². The van der Waals surface area contributed by atoms with Gasteiger partial charge in [-0.1, -0.05) is 6.07 Å². The van der Waals surface area contributed by atoms with E-state index in [-0.39, 0.29) is 24.2 Å². The van der Waals surface area contributed by atoms with Crippen molar-refractivity contribution in [2.75, 3.05) is 25.6 Å². The van der Waals surface area contributed by atoms with Crippen LogP contribution in [0.25, 0.3) is 0 Å². The average Bonchev–Trinajstić information content (AvgIpc) is 2.36. The minimum absolute atomic E-state index is 0.0158. The number of rotatable bonds is 6. The Morgan fingerprint density at radius 2 is 2.35 bits per heavy atom. The fraction of sp³-hybridized carbons (Fsp3) is 0.462. The monoisotopic (exact) mass is 280 g/mol. The maximum absolute atomic E-state index is 11.2. The van der Waals surface area contributed by atoms with Crippen molar-refractivity contribution < 1.29 is 19.2 Å². The molecule has 1 N–H and O–H groups in total. The molecule has 0 bridgehead atoms. The van der Waals surface area contributed by atoms with Crippen molar-refractivity contribution in [3.05, 3.63) is 33.9 Å². The number of ether oxygens (including phenoxy) is 2. The van der Waals surface area contributed by atoms with Gasteiger partial charge in [-0.15, -0.1) is 0 Å². The molecule has 0 saturated carbocycles. The van der Waals surface area contributed by atoms with Crippen LogP contribution >= 0.6 is 0 Å². The van der Waals surface area contributed by atoms with Crippen molar-refractivity contribution in [3.8, 4) is 0 Å². The zero-order valence-corrected chi connectivity index (χ0v) is 11.1. The first-order chi connectivity index (χ1) is 9.60. The number of carbonyl (C=O) groups is 1. The number of benzene rings is 1. The third-order valence-electron chi connectivity index (χ3n) is 3.15. The van der Waals surface area contributed by atoms with Crippen LogP contribution in [-0.2, 0) is 20.7 Å². The molecule has 7 nitrogen and oxygen atoms in total. The lowest BCUT2D eigenvalue weighted by Gasteiger charge is -2.26. The summed E-state index contributed by atoms with van der Waals surface area (Å²) in [5, 5.41) is 14.0. The van der Waals surface area contributed by atoms with Gasteiger partial charge in [-0.25, -0.2) is 0 Å². The molecular formula is C13H16N2O5. The summed E-state index contributed by atoms with van der Waals surface area (Å²) >= 11 is 0. The van der Waals surface area contributed by atoms with E-state index in [0.29, 0.717) is 17.8 Å². The fourth-order valence-corrected chi connectivity index (χ4v) is 1.90. The van der Waals surface area contributed by atoms with Gasteiger partial charge >= 0.3 is 5.97 Å². The summed E-state index contributed by atoms with van der Waals surface area (Å²) in [6, 6.07) is 4.55. The highest BCUT2D eigenvalue weighted by atomic mass is 16.6. The van der Waals surface area contributed by atoms with Gasteiger partial charge in [0.25, 0.3) is 5.69 Å². The van der Waals surface area contributed by atoms with E-state index < -0.39 is 4.92 Å². The first kappa shape index (κ1) is 14.3. The number of nitro benzene ring substituents is 1. The summed E-state index contributed by atoms with van der Waals surface area (Å²) < 4.78 is 9.84. The lowest BCUT2D eigenvalue weighted by molar-refractivity contribution is -0.384. The van der Waals surface area contributed by atoms with E-state index in [1.54, 1.807) is 12.1 Å². The molecule has 108 valence electrons. The number of anilines is 1. The molecular weight excluding hydrogens is 264 g/mol. The molecule has 1 aromatic carbocycles. The van der Waals surface area contributed by atoms with Crippen LogP contribution < -0.4 is 5.32 Å². The molecule has 0 amide bonds. The summed E-state index contributed by atoms with van der Waals surface area (Å²) in [6.07, 6.45) is 1.13. The second kappa shape index (κ2) is 6.33. The number of nitrogens with one attached hydrogen (secondary N) is 1. The van der Waals surface area contributed by atoms with Crippen molar-refractivity contribution in [1.82, 2.24) is 0 Å². The van der Waals surface area contributed by atoms with Gasteiger partial charge in [0, 0.05) is 19.2 Å². The lowest BCUT2D eigenvalue weighted by Crippen LogP contribution is -2.33. The summed E-state index contributed by atoms with van der Waals surface area (Å²) in [7, 11) is 1.31. The lowest BCUT2D eigenvalue weighted by atomic mass is 10.1. The van der Waals surface area contributed by atoms with Crippen molar-refractivity contribution in [1.29, 1.82) is 0 Å². The van der Waals surface area contributed by atoms with Crippen LogP contribution in [0.15, 0.2) is 18.2 Å². The molecule has 1 fully saturated rings. The van der Waals surface area contributed by atoms with Gasteiger partial charge < -0.3 is 14.8 Å². The molecule has 1 atom stereocenters. The zero-order valence-electron chi connectivity index (χ0n) is 11.1. The van der Waals surface area contributed by atoms with E-state index in [9.17, 15) is 14.9 Å². The molecule has 1 heterocycles. The highest BCUT2D eigenvalue weighted by molar-refractivity contribution is 5.74. The minimum Gasteiger partial charge on any atom is -0.469 e. The van der Waals surface area contributed by atoms with Crippen molar-refractivity contribution in [2.45, 2.75) is 18.9 Å². The van der Waals surface area contributed by atoms with Crippen molar-refractivity contribution in [3.63, 3.8) is 0 Å². The molecule has 0 aliphatic carbocycles. The first-order valence-corrected chi connectivity index (χ1v) is 6.29. The van der Waals surface area contributed by atoms with Gasteiger partial charge in [-0.05, 0) is 18.1 Å². The molecule has 1 aliphatic rings. The summed E-state index contributed by atoms with van der Waals surface area (Å²) in [4.78, 5) is 21.8. The normalized spacial score (nSPS) is 17.1. The van der Waals surface area contributed by atoms with Gasteiger partial charge in [0.1, 0.15) is 5.69 Å². The van der Waals surface area contributed by atoms with Crippen LogP contribution in [0.4, 0.5) is 11.4 Å². The maximum atomic E-state index is 11.2. The molecule has 1 unspecified atom stereocenters. The van der Waals surface area contributed by atoms with Crippen LogP contribution in [0.3, 0.4) is 0 Å². The third kappa shape index (κ3) is 3.45. The Labute approximate surface area is 116 Å². The zero-order chi connectivity index (χ0) is 14.5. The molecule has 20 heavy (non-hydrogen) atoms. The SMILES string of the molecule is COC(=O)Cc1ccc([N+](=O)[O-])c(NCC2CCO2)c1. The number of hydrogen-bond acceptors (Lipinski definition) is 6. The maximum Gasteiger partial charge on any atom is 0.309 e. The summed E-state index contributed by atoms with van der Waals surface area (Å²) in [5.41, 5.74) is 1.05. The second-order valence-corrected chi connectivity index (χ2v) is 4.52. The second-order valence-electron chi connectivity index (χ2n) is 4.52. The van der Waals surface area contributed by atoms with Gasteiger partial charge in [0.15, 0.2) is 0 Å². The van der Waals surface area contributed by atoms with E-state index in [1.807, 2.05) is 0 Å². The smallest absolute Gasteiger partial charge is 0.309 e. The minimum atomic E-state index is -0.452. The predicted molar refractivity (Wildman–Crippen MR) is 71.7 cm³/mol. The van der Waals surface area contributed by atoms with Crippen LogP contribution in [0.5, 0.6) is 0 Å². The fourth-order valence-electron chi connectivity index (χ4n) is 1.90. The van der Waals surface area contributed by atoms with Crippen molar-refractivity contribution in [2.24, 2.45) is 0 Å². The van der Waals surface area contributed by atoms with Gasteiger partial charge in [0.2, 0.25) is 0 Å². The highest BCUT2D eigenvalue weighted by Gasteiger charge is 2.20. The number of nitro groups is 1. The van der Waals surface area contributed by atoms with E-state index in [4.69, 9.17) is 4.74 Å². The molecule has 1 aliphatic heterocycles. The Hall–Kier alpha value is -2.15. The van der Waals surface area contributed by atoms with E-state index >= 15 is 0 Å². The summed E-state index contributed by atoms with van der Waals surface area (Å²) in [6.45, 7) is 1.25. The Bertz CT molecular complexity index is 513. The Morgan fingerprint density at radius 3 is 2.90 bits per heavy atom. The number of carbonyl (C=O) groups excluding carboxylic acids is 1. The topological polar surface area (TPSA) is 90.7 Å². The quantitative estimate of drug-likeness (QED) is 0.482. The van der Waals surface area contributed by atoms with Crippen LogP contribution in [0.2, 0.25) is 0 Å². The average molecular weight is 280 g/mol. The molecule has 1 saturated heterocycles. The van der Waals surface area contributed by atoms with Crippen LogP contribution in [-0.4, -0.2) is 37.3 Å². The Balaban J connectivity index is 2.12. The highest BCUT2D eigenvalue weighted by Crippen LogP contribution is 2.26. The van der Waals surface area contributed by atoms with Crippen LogP contribution in [0.1, 0.15) is 12.0 Å². The van der Waals surface area contributed by atoms with Gasteiger partial charge in [-0.2, -0.15) is 0 Å². The Kier molecular flexibility index (Phi) is 4.52. The predicted octanol–water partition coefficient (Wildman–Crippen LogP) is 1.51. The van der Waals surface area contributed by atoms with Gasteiger partial charge in [0.05, 0.1) is 24.6 Å². The molecule has 7 heteroatoms. The summed E-state index contributed by atoms with van der Waals surface area (Å²) in [5.74, 6) is -0.382. The van der Waals surface area contributed by atoms with Crippen LogP contribution in [0, 0.1) is 10.1 Å². The van der Waals surface area contributed by atoms with Crippen molar-refractivity contribution >= 4 is 17.3 Å². The first-order valence-electron chi connectivity index (χ1n) is 6.29. The molecule has 0 aromatic heterocycles. The Morgan fingerprint density at radius 1 is 1.60 bits per heavy atom. The number of nitrogens with zero attached hydrogens (tertiary/aromatic N) is 1. The number of methoxy groups -OCH3 is 1. The standard InChI is InChI=1S/C13H16N2O5/c1-19-13(16)7-9-2-3-12(15(17)18)11(6-9)14-8-10-4-5-20-10/h2-3,6,10,14H,4-5,7-8H2,1H3. The van der Waals surface area contributed by atoms with E-state index in [2.05, 4.69) is 10.1 Å². The van der Waals surface area contributed by atoms with Gasteiger partial charge in [-0.3, -0.25) is 14.9 Å². The number of hydrogen-bond donors (Lipinski definition) is 1. The molecule has 0 radical (unpaired) electrons. The molecule has 0 spiro atoms. The number of esters is 1. The third-order valence-corrected chi connectivity index (χ3v) is 3.15. The van der Waals surface area contributed by atoms with E-state index in [1.165, 1.54) is 13.2 Å².